The van der Waals surface area contributed by atoms with E-state index in [1.807, 2.05) is 12.5 Å². The van der Waals surface area contributed by atoms with Crippen LogP contribution in [-0.2, 0) is 13.0 Å². The zero-order chi connectivity index (χ0) is 16.9. The highest BCUT2D eigenvalue weighted by molar-refractivity contribution is 5.63. The first-order chi connectivity index (χ1) is 12.4. The van der Waals surface area contributed by atoms with Gasteiger partial charge in [-0.3, -0.25) is 0 Å². The van der Waals surface area contributed by atoms with Crippen LogP contribution in [0, 0.1) is 0 Å². The van der Waals surface area contributed by atoms with E-state index < -0.39 is 0 Å². The zero-order valence-corrected chi connectivity index (χ0v) is 14.0. The average molecular weight is 324 g/mol. The SMILES string of the molecule is c1ccc(Cc2cncn2Cc2cccc(-c3ccccc3)c2)cc1. The van der Waals surface area contributed by atoms with Crippen molar-refractivity contribution in [3.8, 4) is 11.1 Å². The quantitative estimate of drug-likeness (QED) is 0.494. The molecule has 0 N–H and O–H groups in total. The molecule has 1 aromatic heterocycles. The highest BCUT2D eigenvalue weighted by Crippen LogP contribution is 2.21. The second-order valence-electron chi connectivity index (χ2n) is 6.24. The van der Waals surface area contributed by atoms with Gasteiger partial charge in [-0.25, -0.2) is 4.98 Å². The van der Waals surface area contributed by atoms with Crippen molar-refractivity contribution in [1.29, 1.82) is 0 Å². The lowest BCUT2D eigenvalue weighted by Crippen LogP contribution is -2.04. The summed E-state index contributed by atoms with van der Waals surface area (Å²) in [5.74, 6) is 0. The highest BCUT2D eigenvalue weighted by Gasteiger charge is 2.05. The van der Waals surface area contributed by atoms with Crippen LogP contribution in [0.3, 0.4) is 0 Å². The molecular formula is C23H20N2. The summed E-state index contributed by atoms with van der Waals surface area (Å²) in [4.78, 5) is 4.36. The smallest absolute Gasteiger partial charge is 0.0951 e. The molecule has 1 heterocycles. The van der Waals surface area contributed by atoms with Crippen molar-refractivity contribution in [1.82, 2.24) is 9.55 Å². The van der Waals surface area contributed by atoms with Gasteiger partial charge >= 0.3 is 0 Å². The van der Waals surface area contributed by atoms with Crippen LogP contribution >= 0.6 is 0 Å². The molecule has 0 radical (unpaired) electrons. The Hall–Kier alpha value is -3.13. The Kier molecular flexibility index (Phi) is 4.42. The molecule has 0 unspecified atom stereocenters. The zero-order valence-electron chi connectivity index (χ0n) is 14.0. The van der Waals surface area contributed by atoms with Crippen molar-refractivity contribution in [3.05, 3.63) is 114 Å². The lowest BCUT2D eigenvalue weighted by atomic mass is 10.0. The normalized spacial score (nSPS) is 10.7. The van der Waals surface area contributed by atoms with Gasteiger partial charge in [0.15, 0.2) is 0 Å². The van der Waals surface area contributed by atoms with Gasteiger partial charge in [0.05, 0.1) is 6.33 Å². The van der Waals surface area contributed by atoms with E-state index in [9.17, 15) is 0 Å². The summed E-state index contributed by atoms with van der Waals surface area (Å²) in [6.07, 6.45) is 4.79. The largest absolute Gasteiger partial charge is 0.330 e. The fraction of sp³-hybridized carbons (Fsp3) is 0.0870. The number of hydrogen-bond acceptors (Lipinski definition) is 1. The highest BCUT2D eigenvalue weighted by atomic mass is 15.0. The van der Waals surface area contributed by atoms with Gasteiger partial charge in [-0.1, -0.05) is 78.9 Å². The predicted molar refractivity (Wildman–Crippen MR) is 102 cm³/mol. The maximum Gasteiger partial charge on any atom is 0.0951 e. The monoisotopic (exact) mass is 324 g/mol. The van der Waals surface area contributed by atoms with E-state index in [2.05, 4.69) is 94.5 Å². The predicted octanol–water partition coefficient (Wildman–Crippen LogP) is 5.19. The first-order valence-electron chi connectivity index (χ1n) is 8.56. The number of benzene rings is 3. The van der Waals surface area contributed by atoms with E-state index in [1.54, 1.807) is 0 Å². The third kappa shape index (κ3) is 3.69. The Morgan fingerprint density at radius 2 is 1.36 bits per heavy atom. The summed E-state index contributed by atoms with van der Waals surface area (Å²) < 4.78 is 2.23. The van der Waals surface area contributed by atoms with Crippen molar-refractivity contribution in [2.24, 2.45) is 0 Å². The maximum atomic E-state index is 4.36. The van der Waals surface area contributed by atoms with Crippen LogP contribution < -0.4 is 0 Å². The summed E-state index contributed by atoms with van der Waals surface area (Å²) in [6.45, 7) is 0.836. The van der Waals surface area contributed by atoms with Crippen molar-refractivity contribution in [2.75, 3.05) is 0 Å². The Labute approximate surface area is 148 Å². The van der Waals surface area contributed by atoms with Crippen LogP contribution in [0.4, 0.5) is 0 Å². The van der Waals surface area contributed by atoms with E-state index in [0.717, 1.165) is 13.0 Å². The molecule has 3 aromatic carbocycles. The molecule has 2 heteroatoms. The molecule has 4 rings (SSSR count). The molecule has 0 fully saturated rings. The minimum Gasteiger partial charge on any atom is -0.330 e. The van der Waals surface area contributed by atoms with Crippen molar-refractivity contribution in [2.45, 2.75) is 13.0 Å². The fourth-order valence-corrected chi connectivity index (χ4v) is 3.12. The summed E-state index contributed by atoms with van der Waals surface area (Å²) in [5, 5.41) is 0. The van der Waals surface area contributed by atoms with Crippen LogP contribution in [0.25, 0.3) is 11.1 Å². The summed E-state index contributed by atoms with van der Waals surface area (Å²) in [7, 11) is 0. The number of hydrogen-bond donors (Lipinski definition) is 0. The van der Waals surface area contributed by atoms with Crippen LogP contribution in [0.5, 0.6) is 0 Å². The van der Waals surface area contributed by atoms with Crippen LogP contribution in [0.2, 0.25) is 0 Å². The molecule has 0 atom stereocenters. The van der Waals surface area contributed by atoms with Crippen molar-refractivity contribution >= 4 is 0 Å². The third-order valence-electron chi connectivity index (χ3n) is 4.41. The maximum absolute atomic E-state index is 4.36. The molecule has 0 bridgehead atoms. The van der Waals surface area contributed by atoms with Crippen LogP contribution in [-0.4, -0.2) is 9.55 Å². The minimum atomic E-state index is 0.836. The molecule has 25 heavy (non-hydrogen) atoms. The van der Waals surface area contributed by atoms with Crippen molar-refractivity contribution in [3.63, 3.8) is 0 Å². The molecule has 0 amide bonds. The number of aromatic nitrogens is 2. The van der Waals surface area contributed by atoms with E-state index in [0.29, 0.717) is 0 Å². The molecule has 0 saturated heterocycles. The van der Waals surface area contributed by atoms with E-state index in [1.165, 1.54) is 27.9 Å². The summed E-state index contributed by atoms with van der Waals surface area (Å²) >= 11 is 0. The molecular weight excluding hydrogens is 304 g/mol. The molecule has 122 valence electrons. The second-order valence-corrected chi connectivity index (χ2v) is 6.24. The van der Waals surface area contributed by atoms with Crippen LogP contribution in [0.1, 0.15) is 16.8 Å². The summed E-state index contributed by atoms with van der Waals surface area (Å²) in [6, 6.07) is 29.8. The number of imidazole rings is 1. The first kappa shape index (κ1) is 15.4. The van der Waals surface area contributed by atoms with Crippen LogP contribution in [0.15, 0.2) is 97.5 Å². The summed E-state index contributed by atoms with van der Waals surface area (Å²) in [5.41, 5.74) is 6.33. The third-order valence-corrected chi connectivity index (χ3v) is 4.41. The van der Waals surface area contributed by atoms with Gasteiger partial charge in [0, 0.05) is 24.9 Å². The van der Waals surface area contributed by atoms with Gasteiger partial charge in [0.25, 0.3) is 0 Å². The molecule has 0 aliphatic carbocycles. The Morgan fingerprint density at radius 3 is 2.16 bits per heavy atom. The molecule has 4 aromatic rings. The average Bonchev–Trinajstić information content (AvgIpc) is 3.10. The molecule has 0 aliphatic heterocycles. The van der Waals surface area contributed by atoms with E-state index >= 15 is 0 Å². The fourth-order valence-electron chi connectivity index (χ4n) is 3.12. The molecule has 0 spiro atoms. The van der Waals surface area contributed by atoms with E-state index in [-0.39, 0.29) is 0 Å². The van der Waals surface area contributed by atoms with Gasteiger partial charge in [-0.15, -0.1) is 0 Å². The Bertz CT molecular complexity index is 940. The lowest BCUT2D eigenvalue weighted by molar-refractivity contribution is 0.754. The topological polar surface area (TPSA) is 17.8 Å². The van der Waals surface area contributed by atoms with E-state index in [4.69, 9.17) is 0 Å². The van der Waals surface area contributed by atoms with Gasteiger partial charge < -0.3 is 4.57 Å². The molecule has 2 nitrogen and oxygen atoms in total. The Morgan fingerprint density at radius 1 is 0.680 bits per heavy atom. The van der Waals surface area contributed by atoms with Gasteiger partial charge in [0.1, 0.15) is 0 Å². The standard InChI is InChI=1S/C23H20N2/c1-3-8-19(9-4-1)15-23-16-24-18-25(23)17-20-10-7-13-22(14-20)21-11-5-2-6-12-21/h1-14,16,18H,15,17H2. The van der Waals surface area contributed by atoms with Gasteiger partial charge in [-0.05, 0) is 28.3 Å². The van der Waals surface area contributed by atoms with Gasteiger partial charge in [-0.2, -0.15) is 0 Å². The van der Waals surface area contributed by atoms with Crippen molar-refractivity contribution < 1.29 is 0 Å². The van der Waals surface area contributed by atoms with Gasteiger partial charge in [0.2, 0.25) is 0 Å². The number of rotatable bonds is 5. The first-order valence-corrected chi connectivity index (χ1v) is 8.56. The Balaban J connectivity index is 1.56. The molecule has 0 aliphatic rings. The minimum absolute atomic E-state index is 0.836. The number of nitrogens with zero attached hydrogens (tertiary/aromatic N) is 2. The molecule has 0 saturated carbocycles. The lowest BCUT2D eigenvalue weighted by Gasteiger charge is -2.10. The second kappa shape index (κ2) is 7.18.